The van der Waals surface area contributed by atoms with Crippen molar-refractivity contribution in [3.8, 4) is 11.4 Å². The van der Waals surface area contributed by atoms with Crippen molar-refractivity contribution in [2.24, 2.45) is 0 Å². The summed E-state index contributed by atoms with van der Waals surface area (Å²) in [6.45, 7) is 3.21. The van der Waals surface area contributed by atoms with Crippen molar-refractivity contribution in [1.29, 1.82) is 0 Å². The van der Waals surface area contributed by atoms with Gasteiger partial charge >= 0.3 is 5.97 Å². The Morgan fingerprint density at radius 1 is 1.53 bits per heavy atom. The number of tetrazole rings is 1. The lowest BCUT2D eigenvalue weighted by Gasteiger charge is -2.23. The molecule has 2 aromatic rings. The molecule has 2 heterocycles. The van der Waals surface area contributed by atoms with E-state index in [0.717, 1.165) is 6.20 Å². The topological polar surface area (TPSA) is 93.8 Å². The quantitative estimate of drug-likeness (QED) is 0.889. The van der Waals surface area contributed by atoms with Gasteiger partial charge in [-0.15, -0.1) is 5.10 Å². The van der Waals surface area contributed by atoms with E-state index in [9.17, 15) is 14.3 Å². The number of carboxylic acid groups (broad SMARTS) is 1. The molecule has 0 fully saturated rings. The molecule has 0 aliphatic heterocycles. The van der Waals surface area contributed by atoms with Crippen molar-refractivity contribution < 1.29 is 14.3 Å². The predicted molar refractivity (Wildman–Crippen MR) is 62.6 cm³/mol. The SMILES string of the molecule is CCC(C)(C(=O)O)n1nnnc1-c1cncc(F)c1. The molecule has 8 heteroatoms. The number of carbonyl (C=O) groups is 1. The molecule has 0 amide bonds. The number of rotatable bonds is 4. The Labute approximate surface area is 108 Å². The Bertz CT molecular complexity index is 615. The maximum Gasteiger partial charge on any atom is 0.331 e. The molecule has 7 nitrogen and oxygen atoms in total. The Morgan fingerprint density at radius 3 is 2.84 bits per heavy atom. The van der Waals surface area contributed by atoms with E-state index in [-0.39, 0.29) is 12.2 Å². The van der Waals surface area contributed by atoms with Gasteiger partial charge in [0.15, 0.2) is 11.4 Å². The third kappa shape index (κ3) is 2.16. The van der Waals surface area contributed by atoms with Gasteiger partial charge in [0.1, 0.15) is 5.82 Å². The second-order valence-electron chi connectivity index (χ2n) is 4.24. The summed E-state index contributed by atoms with van der Waals surface area (Å²) in [5, 5.41) is 20.3. The van der Waals surface area contributed by atoms with Crippen LogP contribution < -0.4 is 0 Å². The Morgan fingerprint density at radius 2 is 2.26 bits per heavy atom. The second kappa shape index (κ2) is 4.71. The van der Waals surface area contributed by atoms with Crippen LogP contribution in [-0.2, 0) is 10.3 Å². The van der Waals surface area contributed by atoms with E-state index in [1.165, 1.54) is 23.9 Å². The maximum absolute atomic E-state index is 13.2. The average molecular weight is 265 g/mol. The highest BCUT2D eigenvalue weighted by molar-refractivity contribution is 5.77. The highest BCUT2D eigenvalue weighted by Gasteiger charge is 2.37. The summed E-state index contributed by atoms with van der Waals surface area (Å²) in [5.74, 6) is -1.44. The van der Waals surface area contributed by atoms with E-state index in [1.807, 2.05) is 0 Å². The molecule has 100 valence electrons. The fourth-order valence-corrected chi connectivity index (χ4v) is 1.63. The van der Waals surface area contributed by atoms with Gasteiger partial charge in [-0.3, -0.25) is 4.98 Å². The number of carboxylic acids is 1. The molecule has 0 aliphatic rings. The first-order valence-corrected chi connectivity index (χ1v) is 5.62. The van der Waals surface area contributed by atoms with E-state index in [4.69, 9.17) is 0 Å². The third-order valence-corrected chi connectivity index (χ3v) is 3.05. The number of nitrogens with zero attached hydrogens (tertiary/aromatic N) is 5. The van der Waals surface area contributed by atoms with Gasteiger partial charge < -0.3 is 5.11 Å². The zero-order valence-corrected chi connectivity index (χ0v) is 10.4. The molecule has 0 saturated heterocycles. The number of aromatic nitrogens is 5. The molecule has 2 rings (SSSR count). The molecular formula is C11H12FN5O2. The van der Waals surface area contributed by atoms with Gasteiger partial charge in [0.2, 0.25) is 0 Å². The predicted octanol–water partition coefficient (Wildman–Crippen LogP) is 1.08. The first-order valence-electron chi connectivity index (χ1n) is 5.62. The first kappa shape index (κ1) is 13.1. The van der Waals surface area contributed by atoms with Crippen LogP contribution >= 0.6 is 0 Å². The van der Waals surface area contributed by atoms with E-state index >= 15 is 0 Å². The lowest BCUT2D eigenvalue weighted by atomic mass is 9.99. The van der Waals surface area contributed by atoms with Gasteiger partial charge in [-0.05, 0) is 29.8 Å². The smallest absolute Gasteiger partial charge is 0.331 e. The van der Waals surface area contributed by atoms with Crippen LogP contribution in [0.15, 0.2) is 18.5 Å². The van der Waals surface area contributed by atoms with Crippen LogP contribution in [0.3, 0.4) is 0 Å². The minimum absolute atomic E-state index is 0.166. The molecule has 0 radical (unpaired) electrons. The summed E-state index contributed by atoms with van der Waals surface area (Å²) >= 11 is 0. The summed E-state index contributed by atoms with van der Waals surface area (Å²) in [6, 6.07) is 1.20. The molecule has 0 spiro atoms. The monoisotopic (exact) mass is 265 g/mol. The van der Waals surface area contributed by atoms with Crippen molar-refractivity contribution in [2.45, 2.75) is 25.8 Å². The first-order chi connectivity index (χ1) is 8.99. The average Bonchev–Trinajstić information content (AvgIpc) is 2.87. The number of aliphatic carboxylic acids is 1. The lowest BCUT2D eigenvalue weighted by molar-refractivity contribution is -0.147. The molecular weight excluding hydrogens is 253 g/mol. The van der Waals surface area contributed by atoms with Crippen molar-refractivity contribution in [2.75, 3.05) is 0 Å². The fourth-order valence-electron chi connectivity index (χ4n) is 1.63. The zero-order valence-electron chi connectivity index (χ0n) is 10.4. The summed E-state index contributed by atoms with van der Waals surface area (Å²) in [7, 11) is 0. The van der Waals surface area contributed by atoms with Gasteiger partial charge in [0.05, 0.1) is 6.20 Å². The minimum atomic E-state index is -1.30. The Kier molecular flexibility index (Phi) is 3.24. The second-order valence-corrected chi connectivity index (χ2v) is 4.24. The largest absolute Gasteiger partial charge is 0.479 e. The number of halogens is 1. The molecule has 0 aromatic carbocycles. The molecule has 2 aromatic heterocycles. The van der Waals surface area contributed by atoms with Gasteiger partial charge in [-0.1, -0.05) is 6.92 Å². The summed E-state index contributed by atoms with van der Waals surface area (Å²) in [4.78, 5) is 15.1. The van der Waals surface area contributed by atoms with Crippen LogP contribution in [-0.4, -0.2) is 36.3 Å². The van der Waals surface area contributed by atoms with Gasteiger partial charge in [-0.2, -0.15) is 0 Å². The molecule has 0 bridgehead atoms. The van der Waals surface area contributed by atoms with Crippen LogP contribution in [0.4, 0.5) is 4.39 Å². The van der Waals surface area contributed by atoms with E-state index < -0.39 is 17.3 Å². The summed E-state index contributed by atoms with van der Waals surface area (Å²) < 4.78 is 14.3. The molecule has 19 heavy (non-hydrogen) atoms. The molecule has 0 saturated carbocycles. The maximum atomic E-state index is 13.2. The van der Waals surface area contributed by atoms with Crippen molar-refractivity contribution in [1.82, 2.24) is 25.2 Å². The number of pyridine rings is 1. The molecule has 1 atom stereocenters. The summed E-state index contributed by atoms with van der Waals surface area (Å²) in [5.41, 5.74) is -0.976. The van der Waals surface area contributed by atoms with Gasteiger partial charge in [-0.25, -0.2) is 13.9 Å². The van der Waals surface area contributed by atoms with Gasteiger partial charge in [0, 0.05) is 11.8 Å². The summed E-state index contributed by atoms with van der Waals surface area (Å²) in [6.07, 6.45) is 2.71. The van der Waals surface area contributed by atoms with Gasteiger partial charge in [0.25, 0.3) is 0 Å². The van der Waals surface area contributed by atoms with Crippen LogP contribution in [0.5, 0.6) is 0 Å². The number of hydrogen-bond acceptors (Lipinski definition) is 5. The third-order valence-electron chi connectivity index (χ3n) is 3.05. The minimum Gasteiger partial charge on any atom is -0.479 e. The lowest BCUT2D eigenvalue weighted by Crippen LogP contribution is -2.39. The van der Waals surface area contributed by atoms with Crippen LogP contribution in [0.25, 0.3) is 11.4 Å². The zero-order chi connectivity index (χ0) is 14.0. The van der Waals surface area contributed by atoms with Crippen molar-refractivity contribution >= 4 is 5.97 Å². The van der Waals surface area contributed by atoms with Crippen LogP contribution in [0.2, 0.25) is 0 Å². The Balaban J connectivity index is 2.57. The van der Waals surface area contributed by atoms with Crippen LogP contribution in [0.1, 0.15) is 20.3 Å². The molecule has 1 N–H and O–H groups in total. The molecule has 1 unspecified atom stereocenters. The Hall–Kier alpha value is -2.38. The van der Waals surface area contributed by atoms with E-state index in [2.05, 4.69) is 20.5 Å². The normalized spacial score (nSPS) is 14.1. The highest BCUT2D eigenvalue weighted by atomic mass is 19.1. The molecule has 0 aliphatic carbocycles. The highest BCUT2D eigenvalue weighted by Crippen LogP contribution is 2.25. The number of hydrogen-bond donors (Lipinski definition) is 1. The van der Waals surface area contributed by atoms with E-state index in [1.54, 1.807) is 6.92 Å². The van der Waals surface area contributed by atoms with Crippen molar-refractivity contribution in [3.05, 3.63) is 24.3 Å². The fraction of sp³-hybridized carbons (Fsp3) is 0.364. The van der Waals surface area contributed by atoms with Crippen LogP contribution in [0, 0.1) is 5.82 Å². The van der Waals surface area contributed by atoms with Crippen molar-refractivity contribution in [3.63, 3.8) is 0 Å². The van der Waals surface area contributed by atoms with E-state index in [0.29, 0.717) is 5.56 Å². The standard InChI is InChI=1S/C11H12FN5O2/c1-3-11(2,10(18)19)17-9(14-15-16-17)7-4-8(12)6-13-5-7/h4-6H,3H2,1-2H3,(H,18,19).